The van der Waals surface area contributed by atoms with E-state index in [4.69, 9.17) is 4.74 Å². The van der Waals surface area contributed by atoms with Gasteiger partial charge in [0.25, 0.3) is 0 Å². The molecule has 7 heteroatoms. The van der Waals surface area contributed by atoms with E-state index in [0.717, 1.165) is 37.2 Å². The van der Waals surface area contributed by atoms with E-state index in [1.165, 1.54) is 0 Å². The zero-order chi connectivity index (χ0) is 17.6. The van der Waals surface area contributed by atoms with Gasteiger partial charge in [-0.2, -0.15) is 0 Å². The minimum absolute atomic E-state index is 0.00937. The topological polar surface area (TPSA) is 82.7 Å². The third-order valence-corrected chi connectivity index (χ3v) is 4.67. The average molecular weight is 346 g/mol. The molecule has 0 bridgehead atoms. The molecule has 7 nitrogen and oxygen atoms in total. The standard InChI is InChI=1S/C18H26N4O3/c1-13(16-3-2-10-25-16)21-18(24)20-11-14-4-6-15(7-5-14)22-9-8-19-17(23)12-22/h4-7,13,16H,2-3,8-12H2,1H3,(H,19,23)(H2,20,21,24)/t13-,16+/m0/s1. The van der Waals surface area contributed by atoms with Gasteiger partial charge in [-0.3, -0.25) is 4.79 Å². The molecule has 2 atom stereocenters. The van der Waals surface area contributed by atoms with Crippen LogP contribution in [0.15, 0.2) is 24.3 Å². The van der Waals surface area contributed by atoms with Crippen LogP contribution in [0.5, 0.6) is 0 Å². The molecule has 0 aliphatic carbocycles. The first-order valence-corrected chi connectivity index (χ1v) is 8.88. The maximum Gasteiger partial charge on any atom is 0.315 e. The number of hydrogen-bond acceptors (Lipinski definition) is 4. The fourth-order valence-electron chi connectivity index (χ4n) is 3.21. The molecule has 25 heavy (non-hydrogen) atoms. The van der Waals surface area contributed by atoms with Gasteiger partial charge in [0.05, 0.1) is 18.7 Å². The molecular formula is C18H26N4O3. The Bertz CT molecular complexity index is 599. The molecule has 0 radical (unpaired) electrons. The molecule has 136 valence electrons. The third kappa shape index (κ3) is 4.85. The molecule has 0 spiro atoms. The van der Waals surface area contributed by atoms with Crippen molar-refractivity contribution in [3.63, 3.8) is 0 Å². The molecular weight excluding hydrogens is 320 g/mol. The first-order valence-electron chi connectivity index (χ1n) is 8.88. The Morgan fingerprint density at radius 3 is 2.88 bits per heavy atom. The van der Waals surface area contributed by atoms with Crippen molar-refractivity contribution in [2.24, 2.45) is 0 Å². The van der Waals surface area contributed by atoms with Crippen LogP contribution in [-0.4, -0.2) is 50.3 Å². The second kappa shape index (κ2) is 8.20. The number of nitrogens with zero attached hydrogens (tertiary/aromatic N) is 1. The van der Waals surface area contributed by atoms with E-state index < -0.39 is 0 Å². The van der Waals surface area contributed by atoms with Crippen LogP contribution in [0, 0.1) is 0 Å². The second-order valence-electron chi connectivity index (χ2n) is 6.61. The van der Waals surface area contributed by atoms with Gasteiger partial charge in [0.15, 0.2) is 0 Å². The Balaban J connectivity index is 1.45. The molecule has 2 aliphatic heterocycles. The van der Waals surface area contributed by atoms with Crippen molar-refractivity contribution < 1.29 is 14.3 Å². The smallest absolute Gasteiger partial charge is 0.315 e. The largest absolute Gasteiger partial charge is 0.376 e. The summed E-state index contributed by atoms with van der Waals surface area (Å²) >= 11 is 0. The number of ether oxygens (including phenoxy) is 1. The summed E-state index contributed by atoms with van der Waals surface area (Å²) in [6.45, 7) is 5.09. The summed E-state index contributed by atoms with van der Waals surface area (Å²) in [7, 11) is 0. The summed E-state index contributed by atoms with van der Waals surface area (Å²) in [6, 6.07) is 7.76. The lowest BCUT2D eigenvalue weighted by Gasteiger charge is -2.28. The molecule has 2 heterocycles. The second-order valence-corrected chi connectivity index (χ2v) is 6.61. The molecule has 3 amide bonds. The quantitative estimate of drug-likeness (QED) is 0.742. The number of carbonyl (C=O) groups excluding carboxylic acids is 2. The van der Waals surface area contributed by atoms with Gasteiger partial charge < -0.3 is 25.6 Å². The van der Waals surface area contributed by atoms with E-state index in [-0.39, 0.29) is 24.1 Å². The number of benzene rings is 1. The summed E-state index contributed by atoms with van der Waals surface area (Å²) in [5.74, 6) is 0.0500. The van der Waals surface area contributed by atoms with Gasteiger partial charge in [-0.15, -0.1) is 0 Å². The number of amides is 3. The van der Waals surface area contributed by atoms with Crippen LogP contribution < -0.4 is 20.9 Å². The predicted octanol–water partition coefficient (Wildman–Crippen LogP) is 0.990. The van der Waals surface area contributed by atoms with Crippen molar-refractivity contribution in [1.82, 2.24) is 16.0 Å². The SMILES string of the molecule is C[C@H](NC(=O)NCc1ccc(N2CCNC(=O)C2)cc1)[C@H]1CCCO1. The van der Waals surface area contributed by atoms with Gasteiger partial charge in [0.2, 0.25) is 5.91 Å². The summed E-state index contributed by atoms with van der Waals surface area (Å²) in [6.07, 6.45) is 2.17. The number of rotatable bonds is 5. The van der Waals surface area contributed by atoms with Gasteiger partial charge in [0, 0.05) is 31.9 Å². The minimum Gasteiger partial charge on any atom is -0.376 e. The summed E-state index contributed by atoms with van der Waals surface area (Å²) in [4.78, 5) is 25.5. The van der Waals surface area contributed by atoms with Gasteiger partial charge >= 0.3 is 6.03 Å². The molecule has 0 aromatic heterocycles. The number of anilines is 1. The van der Waals surface area contributed by atoms with Crippen molar-refractivity contribution in [2.45, 2.75) is 38.5 Å². The zero-order valence-corrected chi connectivity index (χ0v) is 14.6. The number of carbonyl (C=O) groups is 2. The Labute approximate surface area is 148 Å². The Morgan fingerprint density at radius 1 is 1.40 bits per heavy atom. The Kier molecular flexibility index (Phi) is 5.75. The van der Waals surface area contributed by atoms with Crippen LogP contribution >= 0.6 is 0 Å². The fourth-order valence-corrected chi connectivity index (χ4v) is 3.21. The highest BCUT2D eigenvalue weighted by atomic mass is 16.5. The monoisotopic (exact) mass is 346 g/mol. The minimum atomic E-state index is -0.181. The highest BCUT2D eigenvalue weighted by molar-refractivity contribution is 5.82. The normalized spacial score (nSPS) is 21.6. The first-order chi connectivity index (χ1) is 12.1. The summed E-state index contributed by atoms with van der Waals surface area (Å²) < 4.78 is 5.58. The Hall–Kier alpha value is -2.28. The summed E-state index contributed by atoms with van der Waals surface area (Å²) in [5, 5.41) is 8.63. The van der Waals surface area contributed by atoms with Crippen molar-refractivity contribution in [3.8, 4) is 0 Å². The molecule has 3 N–H and O–H groups in total. The van der Waals surface area contributed by atoms with Crippen molar-refractivity contribution in [3.05, 3.63) is 29.8 Å². The van der Waals surface area contributed by atoms with Crippen LogP contribution in [0.1, 0.15) is 25.3 Å². The van der Waals surface area contributed by atoms with E-state index in [1.807, 2.05) is 36.1 Å². The van der Waals surface area contributed by atoms with Crippen LogP contribution in [-0.2, 0) is 16.1 Å². The van der Waals surface area contributed by atoms with Crippen LogP contribution in [0.4, 0.5) is 10.5 Å². The molecule has 2 saturated heterocycles. The number of nitrogens with one attached hydrogen (secondary N) is 3. The Morgan fingerprint density at radius 2 is 2.20 bits per heavy atom. The highest BCUT2D eigenvalue weighted by Gasteiger charge is 2.23. The number of urea groups is 1. The molecule has 2 fully saturated rings. The lowest BCUT2D eigenvalue weighted by Crippen LogP contribution is -2.47. The maximum absolute atomic E-state index is 12.0. The van der Waals surface area contributed by atoms with Gasteiger partial charge in [0.1, 0.15) is 0 Å². The molecule has 0 unspecified atom stereocenters. The molecule has 1 aromatic carbocycles. The van der Waals surface area contributed by atoms with E-state index >= 15 is 0 Å². The van der Waals surface area contributed by atoms with Gasteiger partial charge in [-0.25, -0.2) is 4.79 Å². The van der Waals surface area contributed by atoms with Crippen molar-refractivity contribution >= 4 is 17.6 Å². The maximum atomic E-state index is 12.0. The third-order valence-electron chi connectivity index (χ3n) is 4.67. The summed E-state index contributed by atoms with van der Waals surface area (Å²) in [5.41, 5.74) is 2.04. The average Bonchev–Trinajstić information content (AvgIpc) is 3.15. The molecule has 2 aliphatic rings. The van der Waals surface area contributed by atoms with Crippen molar-refractivity contribution in [1.29, 1.82) is 0 Å². The van der Waals surface area contributed by atoms with Gasteiger partial charge in [-0.1, -0.05) is 12.1 Å². The van der Waals surface area contributed by atoms with E-state index in [0.29, 0.717) is 19.6 Å². The predicted molar refractivity (Wildman–Crippen MR) is 95.5 cm³/mol. The highest BCUT2D eigenvalue weighted by Crippen LogP contribution is 2.16. The first kappa shape index (κ1) is 17.5. The molecule has 0 saturated carbocycles. The number of hydrogen-bond donors (Lipinski definition) is 3. The molecule has 3 rings (SSSR count). The van der Waals surface area contributed by atoms with Crippen LogP contribution in [0.3, 0.4) is 0 Å². The lowest BCUT2D eigenvalue weighted by molar-refractivity contribution is -0.120. The van der Waals surface area contributed by atoms with Gasteiger partial charge in [-0.05, 0) is 37.5 Å². The molecule has 1 aromatic rings. The van der Waals surface area contributed by atoms with E-state index in [1.54, 1.807) is 0 Å². The van der Waals surface area contributed by atoms with Crippen molar-refractivity contribution in [2.75, 3.05) is 31.1 Å². The van der Waals surface area contributed by atoms with Crippen LogP contribution in [0.2, 0.25) is 0 Å². The number of piperazine rings is 1. The zero-order valence-electron chi connectivity index (χ0n) is 14.6. The van der Waals surface area contributed by atoms with E-state index in [9.17, 15) is 9.59 Å². The van der Waals surface area contributed by atoms with Crippen LogP contribution in [0.25, 0.3) is 0 Å². The fraction of sp³-hybridized carbons (Fsp3) is 0.556. The lowest BCUT2D eigenvalue weighted by atomic mass is 10.1. The van der Waals surface area contributed by atoms with E-state index in [2.05, 4.69) is 16.0 Å².